The molecule has 2 fully saturated rings. The van der Waals surface area contributed by atoms with Crippen molar-refractivity contribution in [3.63, 3.8) is 0 Å². The summed E-state index contributed by atoms with van der Waals surface area (Å²) in [7, 11) is -3.32. The first-order valence-corrected chi connectivity index (χ1v) is 14.5. The van der Waals surface area contributed by atoms with Gasteiger partial charge in [0, 0.05) is 37.2 Å². The number of benzene rings is 1. The predicted octanol–water partition coefficient (Wildman–Crippen LogP) is 3.18. The van der Waals surface area contributed by atoms with Crippen molar-refractivity contribution in [1.82, 2.24) is 23.8 Å². The average molecular weight is 553 g/mol. The van der Waals surface area contributed by atoms with Gasteiger partial charge in [0.25, 0.3) is 0 Å². The fraction of sp³-hybridized carbons (Fsp3) is 0.542. The summed E-state index contributed by atoms with van der Waals surface area (Å²) < 4.78 is 48.2. The molecule has 0 amide bonds. The molecule has 2 aliphatic heterocycles. The van der Waals surface area contributed by atoms with Crippen LogP contribution in [-0.4, -0.2) is 82.1 Å². The highest BCUT2D eigenvalue weighted by molar-refractivity contribution is 7.88. The first-order valence-electron chi connectivity index (χ1n) is 12.2. The summed E-state index contributed by atoms with van der Waals surface area (Å²) in [5.74, 6) is 0.277. The topological polar surface area (TPSA) is 122 Å². The quantitative estimate of drug-likeness (QED) is 0.478. The molecule has 10 nitrogen and oxygen atoms in total. The lowest BCUT2D eigenvalue weighted by Crippen LogP contribution is -2.42. The highest BCUT2D eigenvalue weighted by Crippen LogP contribution is 2.36. The molecular weight excluding hydrogens is 523 g/mol. The summed E-state index contributed by atoms with van der Waals surface area (Å²) in [5.41, 5.74) is 1.62. The second-order valence-corrected chi connectivity index (χ2v) is 12.3. The molecule has 0 saturated carbocycles. The maximum absolute atomic E-state index is 15.5. The van der Waals surface area contributed by atoms with Gasteiger partial charge in [-0.05, 0) is 38.8 Å². The molecule has 200 valence electrons. The van der Waals surface area contributed by atoms with Gasteiger partial charge in [-0.3, -0.25) is 0 Å². The molecule has 37 heavy (non-hydrogen) atoms. The summed E-state index contributed by atoms with van der Waals surface area (Å²) in [4.78, 5) is 13.4. The Hall–Kier alpha value is -2.38. The van der Waals surface area contributed by atoms with E-state index in [-0.39, 0.29) is 41.1 Å². The van der Waals surface area contributed by atoms with Crippen molar-refractivity contribution in [3.8, 4) is 11.3 Å². The number of ether oxygens (including phenoxy) is 1. The Morgan fingerprint density at radius 2 is 2.05 bits per heavy atom. The van der Waals surface area contributed by atoms with Gasteiger partial charge >= 0.3 is 0 Å². The number of rotatable bonds is 6. The van der Waals surface area contributed by atoms with Crippen LogP contribution in [0.1, 0.15) is 44.5 Å². The average Bonchev–Trinajstić information content (AvgIpc) is 3.47. The second kappa shape index (κ2) is 10.1. The van der Waals surface area contributed by atoms with Crippen LogP contribution in [0.5, 0.6) is 0 Å². The van der Waals surface area contributed by atoms with E-state index in [4.69, 9.17) is 16.3 Å². The van der Waals surface area contributed by atoms with E-state index < -0.39 is 21.9 Å². The Bertz CT molecular complexity index is 1430. The van der Waals surface area contributed by atoms with Crippen LogP contribution < -0.4 is 5.32 Å². The molecule has 5 rings (SSSR count). The molecule has 0 bridgehead atoms. The van der Waals surface area contributed by atoms with E-state index in [1.54, 1.807) is 6.07 Å². The molecule has 3 atom stereocenters. The molecule has 13 heteroatoms. The number of sulfonamides is 1. The van der Waals surface area contributed by atoms with E-state index >= 15 is 4.39 Å². The zero-order valence-corrected chi connectivity index (χ0v) is 22.4. The van der Waals surface area contributed by atoms with E-state index in [2.05, 4.69) is 20.3 Å². The van der Waals surface area contributed by atoms with Crippen LogP contribution in [0, 0.1) is 5.82 Å². The number of hydrogen-bond acceptors (Lipinski definition) is 8. The minimum atomic E-state index is -3.32. The third-order valence-corrected chi connectivity index (χ3v) is 8.48. The largest absolute Gasteiger partial charge is 0.389 e. The van der Waals surface area contributed by atoms with Crippen molar-refractivity contribution in [2.75, 3.05) is 37.9 Å². The van der Waals surface area contributed by atoms with Crippen LogP contribution in [0.25, 0.3) is 22.3 Å². The minimum Gasteiger partial charge on any atom is -0.389 e. The zero-order valence-electron chi connectivity index (χ0n) is 20.9. The van der Waals surface area contributed by atoms with Gasteiger partial charge in [-0.2, -0.15) is 0 Å². The van der Waals surface area contributed by atoms with Crippen molar-refractivity contribution in [2.24, 2.45) is 0 Å². The van der Waals surface area contributed by atoms with Crippen LogP contribution in [-0.2, 0) is 14.8 Å². The summed E-state index contributed by atoms with van der Waals surface area (Å²) in [6, 6.07) is 2.84. The number of imidazole rings is 1. The fourth-order valence-electron chi connectivity index (χ4n) is 5.07. The summed E-state index contributed by atoms with van der Waals surface area (Å²) in [6.45, 7) is 5.43. The Morgan fingerprint density at radius 1 is 1.27 bits per heavy atom. The first kappa shape index (κ1) is 26.2. The lowest BCUT2D eigenvalue weighted by Gasteiger charge is -2.28. The van der Waals surface area contributed by atoms with Crippen molar-refractivity contribution in [3.05, 3.63) is 35.0 Å². The smallest absolute Gasteiger partial charge is 0.223 e. The van der Waals surface area contributed by atoms with E-state index in [1.807, 2.05) is 18.4 Å². The molecule has 3 aromatic rings. The molecule has 2 saturated heterocycles. The number of aromatic nitrogens is 4. The van der Waals surface area contributed by atoms with Gasteiger partial charge in [-0.15, -0.1) is 0 Å². The highest BCUT2D eigenvalue weighted by atomic mass is 35.5. The van der Waals surface area contributed by atoms with Crippen molar-refractivity contribution < 1.29 is 22.7 Å². The van der Waals surface area contributed by atoms with Gasteiger partial charge in [-0.25, -0.2) is 32.1 Å². The number of anilines is 1. The van der Waals surface area contributed by atoms with E-state index in [1.165, 1.54) is 22.8 Å². The van der Waals surface area contributed by atoms with Crippen molar-refractivity contribution in [1.29, 1.82) is 0 Å². The molecule has 2 N–H and O–H groups in total. The van der Waals surface area contributed by atoms with Crippen molar-refractivity contribution >= 4 is 38.6 Å². The second-order valence-electron chi connectivity index (χ2n) is 9.94. The molecular formula is C24H30ClFN6O4S. The predicted molar refractivity (Wildman–Crippen MR) is 139 cm³/mol. The standard InChI is InChI=1S/C24H30ClFN6O4S/c1-13(2)32-19-9-15(21-16(25)10-27-24(30-21)28-18-5-7-36-12-20(18)33)8-17(26)22(19)29-23(32)14-4-6-31(11-14)37(3,34)35/h8-10,13-14,18,20,33H,4-7,11-12H2,1-3H3,(H,27,28,30)/t14-,18?,20+/m0/s1. The molecule has 0 aliphatic carbocycles. The molecule has 0 radical (unpaired) electrons. The fourth-order valence-corrected chi connectivity index (χ4v) is 6.16. The number of aliphatic hydroxyl groups excluding tert-OH is 1. The molecule has 4 heterocycles. The minimum absolute atomic E-state index is 0.0463. The summed E-state index contributed by atoms with van der Waals surface area (Å²) >= 11 is 6.45. The Balaban J connectivity index is 1.54. The summed E-state index contributed by atoms with van der Waals surface area (Å²) in [5, 5.41) is 13.6. The number of aliphatic hydroxyl groups is 1. The molecule has 2 aromatic heterocycles. The maximum atomic E-state index is 15.5. The molecule has 2 aliphatic rings. The monoisotopic (exact) mass is 552 g/mol. The van der Waals surface area contributed by atoms with Crippen molar-refractivity contribution in [2.45, 2.75) is 50.8 Å². The van der Waals surface area contributed by atoms with Gasteiger partial charge in [0.2, 0.25) is 16.0 Å². The van der Waals surface area contributed by atoms with Gasteiger partial charge in [0.1, 0.15) is 11.3 Å². The van der Waals surface area contributed by atoms with Crippen LogP contribution in [0.2, 0.25) is 5.02 Å². The van der Waals surface area contributed by atoms with Gasteiger partial charge in [-0.1, -0.05) is 11.6 Å². The van der Waals surface area contributed by atoms with Gasteiger partial charge < -0.3 is 19.7 Å². The first-order chi connectivity index (χ1) is 17.5. The number of nitrogens with one attached hydrogen (secondary N) is 1. The Morgan fingerprint density at radius 3 is 2.73 bits per heavy atom. The number of halogens is 2. The Kier molecular flexibility index (Phi) is 7.14. The highest BCUT2D eigenvalue weighted by Gasteiger charge is 2.34. The zero-order chi connectivity index (χ0) is 26.5. The van der Waals surface area contributed by atoms with Crippen LogP contribution >= 0.6 is 11.6 Å². The van der Waals surface area contributed by atoms with Gasteiger partial charge in [0.05, 0.1) is 47.4 Å². The van der Waals surface area contributed by atoms with Crippen LogP contribution in [0.3, 0.4) is 0 Å². The van der Waals surface area contributed by atoms with Crippen LogP contribution in [0.15, 0.2) is 18.3 Å². The van der Waals surface area contributed by atoms with Gasteiger partial charge in [0.15, 0.2) is 5.82 Å². The normalized spacial score (nSPS) is 23.3. The van der Waals surface area contributed by atoms with E-state index in [0.29, 0.717) is 55.1 Å². The third-order valence-electron chi connectivity index (χ3n) is 6.94. The SMILES string of the molecule is CC(C)n1c([C@H]2CCN(S(C)(=O)=O)C2)nc2c(F)cc(-c3nc(NC4CCOC[C@H]4O)ncc3Cl)cc21. The lowest BCUT2D eigenvalue weighted by atomic mass is 10.1. The number of nitrogens with zero attached hydrogens (tertiary/aromatic N) is 5. The van der Waals surface area contributed by atoms with Crippen LogP contribution in [0.4, 0.5) is 10.3 Å². The molecule has 0 spiro atoms. The molecule has 1 aromatic carbocycles. The summed E-state index contributed by atoms with van der Waals surface area (Å²) in [6.07, 6.45) is 3.16. The Labute approximate surface area is 219 Å². The third kappa shape index (κ3) is 5.17. The number of hydrogen-bond donors (Lipinski definition) is 2. The number of fused-ring (bicyclic) bond motifs is 1. The van der Waals surface area contributed by atoms with E-state index in [0.717, 1.165) is 0 Å². The molecule has 1 unspecified atom stereocenters. The van der Waals surface area contributed by atoms with E-state index in [9.17, 15) is 13.5 Å². The lowest BCUT2D eigenvalue weighted by molar-refractivity contribution is -0.0136. The maximum Gasteiger partial charge on any atom is 0.223 e.